The summed E-state index contributed by atoms with van der Waals surface area (Å²) in [5.74, 6) is 0.589. The Hall–Kier alpha value is -0.930. The number of pyridine rings is 1. The second-order valence-corrected chi connectivity index (χ2v) is 4.53. The molecule has 82 valence electrons. The summed E-state index contributed by atoms with van der Waals surface area (Å²) in [6, 6.07) is 4.53. The molecule has 1 aromatic heterocycles. The topological polar surface area (TPSA) is 42.1 Å². The summed E-state index contributed by atoms with van der Waals surface area (Å²) < 4.78 is 0. The molecule has 3 heteroatoms. The zero-order valence-corrected chi connectivity index (χ0v) is 9.26. The molecule has 2 rings (SSSR count). The van der Waals surface area contributed by atoms with Gasteiger partial charge in [0.25, 0.3) is 0 Å². The van der Waals surface area contributed by atoms with Gasteiger partial charge in [0.1, 0.15) is 0 Å². The van der Waals surface area contributed by atoms with E-state index in [0.29, 0.717) is 12.0 Å². The predicted molar refractivity (Wildman–Crippen MR) is 61.5 cm³/mol. The Labute approximate surface area is 91.3 Å². The minimum atomic E-state index is 0.356. The minimum Gasteiger partial charge on any atom is -0.327 e. The summed E-state index contributed by atoms with van der Waals surface area (Å²) in [4.78, 5) is 6.40. The Kier molecular flexibility index (Phi) is 3.34. The highest BCUT2D eigenvalue weighted by Gasteiger charge is 2.24. The van der Waals surface area contributed by atoms with E-state index in [-0.39, 0.29) is 0 Å². The summed E-state index contributed by atoms with van der Waals surface area (Å²) >= 11 is 0. The van der Waals surface area contributed by atoms with E-state index in [1.807, 2.05) is 12.4 Å². The first-order valence-electron chi connectivity index (χ1n) is 5.59. The van der Waals surface area contributed by atoms with Crippen LogP contribution in [0.3, 0.4) is 0 Å². The first-order valence-corrected chi connectivity index (χ1v) is 5.59. The van der Waals surface area contributed by atoms with E-state index >= 15 is 0 Å². The molecule has 0 amide bonds. The molecule has 1 saturated heterocycles. The maximum atomic E-state index is 6.15. The maximum absolute atomic E-state index is 6.15. The van der Waals surface area contributed by atoms with Crippen molar-refractivity contribution in [2.75, 3.05) is 20.1 Å². The molecule has 0 radical (unpaired) electrons. The van der Waals surface area contributed by atoms with Gasteiger partial charge in [-0.1, -0.05) is 0 Å². The van der Waals surface area contributed by atoms with Crippen LogP contribution in [0, 0.1) is 5.92 Å². The number of piperidine rings is 1. The summed E-state index contributed by atoms with van der Waals surface area (Å²) in [6.07, 6.45) is 5.90. The van der Waals surface area contributed by atoms with E-state index in [1.165, 1.54) is 5.56 Å². The first-order chi connectivity index (χ1) is 7.25. The first kappa shape index (κ1) is 10.6. The van der Waals surface area contributed by atoms with Crippen LogP contribution in [-0.4, -0.2) is 36.1 Å². The van der Waals surface area contributed by atoms with Gasteiger partial charge in [-0.3, -0.25) is 4.98 Å². The van der Waals surface area contributed by atoms with Crippen molar-refractivity contribution in [2.45, 2.75) is 18.9 Å². The van der Waals surface area contributed by atoms with Gasteiger partial charge in [-0.05, 0) is 50.0 Å². The normalized spacial score (nSPS) is 27.9. The van der Waals surface area contributed by atoms with Crippen LogP contribution in [0.1, 0.15) is 12.0 Å². The van der Waals surface area contributed by atoms with E-state index in [4.69, 9.17) is 5.73 Å². The van der Waals surface area contributed by atoms with Crippen LogP contribution in [0.5, 0.6) is 0 Å². The van der Waals surface area contributed by atoms with Gasteiger partial charge in [-0.2, -0.15) is 0 Å². The predicted octanol–water partition coefficient (Wildman–Crippen LogP) is 0.903. The van der Waals surface area contributed by atoms with Gasteiger partial charge in [0, 0.05) is 25.0 Å². The van der Waals surface area contributed by atoms with E-state index < -0.39 is 0 Å². The third kappa shape index (κ3) is 2.76. The van der Waals surface area contributed by atoms with Crippen molar-refractivity contribution < 1.29 is 0 Å². The third-order valence-electron chi connectivity index (χ3n) is 3.24. The van der Waals surface area contributed by atoms with E-state index in [0.717, 1.165) is 25.9 Å². The number of aromatic nitrogens is 1. The molecule has 1 aliphatic heterocycles. The Morgan fingerprint density at radius 1 is 1.47 bits per heavy atom. The molecule has 2 heterocycles. The average molecular weight is 205 g/mol. The fourth-order valence-electron chi connectivity index (χ4n) is 2.27. The molecule has 1 aliphatic rings. The molecule has 2 atom stereocenters. The smallest absolute Gasteiger partial charge is 0.0270 e. The Balaban J connectivity index is 1.98. The van der Waals surface area contributed by atoms with Gasteiger partial charge in [0.05, 0.1) is 0 Å². The van der Waals surface area contributed by atoms with Crippen molar-refractivity contribution in [3.8, 4) is 0 Å². The molecule has 1 fully saturated rings. The molecule has 0 aliphatic carbocycles. The fourth-order valence-corrected chi connectivity index (χ4v) is 2.27. The van der Waals surface area contributed by atoms with Gasteiger partial charge in [-0.25, -0.2) is 0 Å². The third-order valence-corrected chi connectivity index (χ3v) is 3.24. The molecule has 3 nitrogen and oxygen atoms in total. The van der Waals surface area contributed by atoms with Crippen LogP contribution in [0.4, 0.5) is 0 Å². The van der Waals surface area contributed by atoms with Crippen LogP contribution in [-0.2, 0) is 6.42 Å². The standard InChI is InChI=1S/C12H19N3/c1-15-7-4-12(13)11(9-15)8-10-2-5-14-6-3-10/h2-3,5-6,11-12H,4,7-9,13H2,1H3/t11-,12+/m0/s1. The zero-order valence-electron chi connectivity index (χ0n) is 9.26. The Morgan fingerprint density at radius 3 is 2.93 bits per heavy atom. The van der Waals surface area contributed by atoms with Gasteiger partial charge in [-0.15, -0.1) is 0 Å². The largest absolute Gasteiger partial charge is 0.327 e. The molecule has 2 N–H and O–H groups in total. The van der Waals surface area contributed by atoms with Gasteiger partial charge < -0.3 is 10.6 Å². The molecule has 1 aromatic rings. The molecular weight excluding hydrogens is 186 g/mol. The molecule has 0 bridgehead atoms. The van der Waals surface area contributed by atoms with Crippen LogP contribution in [0.15, 0.2) is 24.5 Å². The molecule has 15 heavy (non-hydrogen) atoms. The number of nitrogens with zero attached hydrogens (tertiary/aromatic N) is 2. The van der Waals surface area contributed by atoms with Crippen molar-refractivity contribution in [1.29, 1.82) is 0 Å². The lowest BCUT2D eigenvalue weighted by molar-refractivity contribution is 0.185. The highest BCUT2D eigenvalue weighted by atomic mass is 15.1. The average Bonchev–Trinajstić information content (AvgIpc) is 2.25. The molecule has 0 aromatic carbocycles. The van der Waals surface area contributed by atoms with E-state index in [9.17, 15) is 0 Å². The quantitative estimate of drug-likeness (QED) is 0.780. The van der Waals surface area contributed by atoms with Crippen LogP contribution in [0.25, 0.3) is 0 Å². The van der Waals surface area contributed by atoms with Crippen molar-refractivity contribution in [2.24, 2.45) is 11.7 Å². The Bertz CT molecular complexity index is 299. The monoisotopic (exact) mass is 205 g/mol. The lowest BCUT2D eigenvalue weighted by Gasteiger charge is -2.34. The molecular formula is C12H19N3. The summed E-state index contributed by atoms with van der Waals surface area (Å²) in [5, 5.41) is 0. The molecule has 0 unspecified atom stereocenters. The highest BCUT2D eigenvalue weighted by Crippen LogP contribution is 2.18. The van der Waals surface area contributed by atoms with E-state index in [2.05, 4.69) is 29.1 Å². The zero-order chi connectivity index (χ0) is 10.7. The minimum absolute atomic E-state index is 0.356. The number of likely N-dealkylation sites (tertiary alicyclic amines) is 1. The summed E-state index contributed by atoms with van der Waals surface area (Å²) in [7, 11) is 2.17. The molecule has 0 spiro atoms. The summed E-state index contributed by atoms with van der Waals surface area (Å²) in [6.45, 7) is 2.25. The fraction of sp³-hybridized carbons (Fsp3) is 0.583. The van der Waals surface area contributed by atoms with Gasteiger partial charge in [0.2, 0.25) is 0 Å². The Morgan fingerprint density at radius 2 is 2.20 bits per heavy atom. The van der Waals surface area contributed by atoms with Crippen molar-refractivity contribution in [3.63, 3.8) is 0 Å². The van der Waals surface area contributed by atoms with Gasteiger partial charge in [0.15, 0.2) is 0 Å². The lowest BCUT2D eigenvalue weighted by atomic mass is 9.88. The van der Waals surface area contributed by atoms with Crippen molar-refractivity contribution >= 4 is 0 Å². The van der Waals surface area contributed by atoms with Crippen LogP contribution >= 0.6 is 0 Å². The SMILES string of the molecule is CN1CC[C@@H](N)[C@@H](Cc2ccncc2)C1. The maximum Gasteiger partial charge on any atom is 0.0270 e. The van der Waals surface area contributed by atoms with Gasteiger partial charge >= 0.3 is 0 Å². The second-order valence-electron chi connectivity index (χ2n) is 4.53. The van der Waals surface area contributed by atoms with E-state index in [1.54, 1.807) is 0 Å². The van der Waals surface area contributed by atoms with Crippen molar-refractivity contribution in [1.82, 2.24) is 9.88 Å². The van der Waals surface area contributed by atoms with Crippen LogP contribution < -0.4 is 5.73 Å². The molecule has 0 saturated carbocycles. The lowest BCUT2D eigenvalue weighted by Crippen LogP contribution is -2.46. The summed E-state index contributed by atoms with van der Waals surface area (Å²) in [5.41, 5.74) is 7.49. The number of hydrogen-bond donors (Lipinski definition) is 1. The van der Waals surface area contributed by atoms with Crippen molar-refractivity contribution in [3.05, 3.63) is 30.1 Å². The highest BCUT2D eigenvalue weighted by molar-refractivity contribution is 5.11. The van der Waals surface area contributed by atoms with Crippen LogP contribution in [0.2, 0.25) is 0 Å². The number of rotatable bonds is 2. The number of nitrogens with two attached hydrogens (primary N) is 1. The number of hydrogen-bond acceptors (Lipinski definition) is 3. The second kappa shape index (κ2) is 4.73.